The second kappa shape index (κ2) is 3.95. The third kappa shape index (κ3) is 2.87. The van der Waals surface area contributed by atoms with E-state index in [1.807, 2.05) is 13.8 Å². The molecule has 0 aromatic rings. The molecular weight excluding hydrogens is 164 g/mol. The van der Waals surface area contributed by atoms with Gasteiger partial charge in [-0.2, -0.15) is 0 Å². The zero-order valence-electron chi connectivity index (χ0n) is 8.42. The van der Waals surface area contributed by atoms with E-state index >= 15 is 0 Å². The van der Waals surface area contributed by atoms with Crippen LogP contribution in [0.2, 0.25) is 0 Å². The van der Waals surface area contributed by atoms with Crippen molar-refractivity contribution < 1.29 is 9.90 Å². The summed E-state index contributed by atoms with van der Waals surface area (Å²) in [6.45, 7) is 4.09. The average molecular weight is 182 g/mol. The molecule has 0 spiro atoms. The maximum absolute atomic E-state index is 10.6. The van der Waals surface area contributed by atoms with Crippen molar-refractivity contribution in [1.82, 2.24) is 0 Å². The Kier molecular flexibility index (Phi) is 3.12. The van der Waals surface area contributed by atoms with Crippen molar-refractivity contribution in [3.05, 3.63) is 12.2 Å². The van der Waals surface area contributed by atoms with Gasteiger partial charge in [0, 0.05) is 0 Å². The molecule has 74 valence electrons. The lowest BCUT2D eigenvalue weighted by molar-refractivity contribution is -0.139. The van der Waals surface area contributed by atoms with E-state index in [4.69, 9.17) is 5.11 Å². The van der Waals surface area contributed by atoms with Gasteiger partial charge in [0.25, 0.3) is 0 Å². The Morgan fingerprint density at radius 2 is 2.31 bits per heavy atom. The molecule has 0 bridgehead atoms. The van der Waals surface area contributed by atoms with Crippen LogP contribution in [0.5, 0.6) is 0 Å². The molecule has 1 aliphatic rings. The van der Waals surface area contributed by atoms with Crippen molar-refractivity contribution >= 4 is 5.97 Å². The SMILES string of the molecule is CC(C)(CC(=O)O)C1C=CCCC1. The highest BCUT2D eigenvalue weighted by atomic mass is 16.4. The predicted molar refractivity (Wildman–Crippen MR) is 52.5 cm³/mol. The van der Waals surface area contributed by atoms with Crippen LogP contribution in [-0.2, 0) is 4.79 Å². The van der Waals surface area contributed by atoms with E-state index in [2.05, 4.69) is 12.2 Å². The van der Waals surface area contributed by atoms with Crippen LogP contribution in [-0.4, -0.2) is 11.1 Å². The van der Waals surface area contributed by atoms with Crippen molar-refractivity contribution in [3.63, 3.8) is 0 Å². The van der Waals surface area contributed by atoms with Gasteiger partial charge in [-0.15, -0.1) is 0 Å². The van der Waals surface area contributed by atoms with Crippen molar-refractivity contribution in [1.29, 1.82) is 0 Å². The number of hydrogen-bond acceptors (Lipinski definition) is 1. The first-order chi connectivity index (χ1) is 6.02. The van der Waals surface area contributed by atoms with Crippen LogP contribution in [0.3, 0.4) is 0 Å². The lowest BCUT2D eigenvalue weighted by Gasteiger charge is -2.32. The summed E-state index contributed by atoms with van der Waals surface area (Å²) in [6.07, 6.45) is 8.12. The second-order valence-electron chi connectivity index (χ2n) is 4.52. The highest BCUT2D eigenvalue weighted by Gasteiger charge is 2.30. The van der Waals surface area contributed by atoms with Crippen LogP contribution in [0, 0.1) is 11.3 Å². The monoisotopic (exact) mass is 182 g/mol. The van der Waals surface area contributed by atoms with Crippen LogP contribution in [0.15, 0.2) is 12.2 Å². The molecule has 0 amide bonds. The summed E-state index contributed by atoms with van der Waals surface area (Å²) in [5.41, 5.74) is -0.0945. The summed E-state index contributed by atoms with van der Waals surface area (Å²) in [5.74, 6) is -0.249. The number of allylic oxidation sites excluding steroid dienone is 2. The van der Waals surface area contributed by atoms with Crippen molar-refractivity contribution in [3.8, 4) is 0 Å². The summed E-state index contributed by atoms with van der Waals surface area (Å²) in [5, 5.41) is 8.76. The normalized spacial score (nSPS) is 23.1. The lowest BCUT2D eigenvalue weighted by atomic mass is 9.72. The number of hydrogen-bond donors (Lipinski definition) is 1. The molecule has 1 atom stereocenters. The van der Waals surface area contributed by atoms with Crippen LogP contribution >= 0.6 is 0 Å². The topological polar surface area (TPSA) is 37.3 Å². The maximum Gasteiger partial charge on any atom is 0.303 e. The van der Waals surface area contributed by atoms with Crippen LogP contribution < -0.4 is 0 Å². The third-order valence-electron chi connectivity index (χ3n) is 2.86. The van der Waals surface area contributed by atoms with Crippen LogP contribution in [0.1, 0.15) is 39.5 Å². The Morgan fingerprint density at radius 3 is 2.77 bits per heavy atom. The Balaban J connectivity index is 2.61. The van der Waals surface area contributed by atoms with E-state index in [0.29, 0.717) is 5.92 Å². The van der Waals surface area contributed by atoms with Crippen molar-refractivity contribution in [2.24, 2.45) is 11.3 Å². The largest absolute Gasteiger partial charge is 0.481 e. The first-order valence-corrected chi connectivity index (χ1v) is 4.91. The van der Waals surface area contributed by atoms with Gasteiger partial charge in [-0.1, -0.05) is 26.0 Å². The van der Waals surface area contributed by atoms with Gasteiger partial charge in [-0.3, -0.25) is 4.79 Å². The summed E-state index contributed by atoms with van der Waals surface area (Å²) >= 11 is 0. The van der Waals surface area contributed by atoms with Gasteiger partial charge in [-0.05, 0) is 30.6 Å². The molecular formula is C11H18O2. The Morgan fingerprint density at radius 1 is 1.62 bits per heavy atom. The fourth-order valence-electron chi connectivity index (χ4n) is 1.98. The van der Waals surface area contributed by atoms with Gasteiger partial charge in [-0.25, -0.2) is 0 Å². The minimum Gasteiger partial charge on any atom is -0.481 e. The standard InChI is InChI=1S/C11H18O2/c1-11(2,8-10(12)13)9-6-4-3-5-7-9/h4,6,9H,3,5,7-8H2,1-2H3,(H,12,13). The molecule has 0 aliphatic heterocycles. The van der Waals surface area contributed by atoms with Crippen molar-refractivity contribution in [2.45, 2.75) is 39.5 Å². The minimum atomic E-state index is -0.691. The molecule has 1 aliphatic carbocycles. The van der Waals surface area contributed by atoms with E-state index in [1.165, 1.54) is 6.42 Å². The fourth-order valence-corrected chi connectivity index (χ4v) is 1.98. The Hall–Kier alpha value is -0.790. The van der Waals surface area contributed by atoms with Gasteiger partial charge in [0.15, 0.2) is 0 Å². The quantitative estimate of drug-likeness (QED) is 0.681. The predicted octanol–water partition coefficient (Wildman–Crippen LogP) is 2.84. The zero-order valence-corrected chi connectivity index (χ0v) is 8.42. The van der Waals surface area contributed by atoms with Gasteiger partial charge in [0.05, 0.1) is 6.42 Å². The highest BCUT2D eigenvalue weighted by molar-refractivity contribution is 5.67. The van der Waals surface area contributed by atoms with E-state index in [9.17, 15) is 4.79 Å². The van der Waals surface area contributed by atoms with Gasteiger partial charge in [0.2, 0.25) is 0 Å². The summed E-state index contributed by atoms with van der Waals surface area (Å²) in [6, 6.07) is 0. The van der Waals surface area contributed by atoms with E-state index in [1.54, 1.807) is 0 Å². The molecule has 0 aromatic carbocycles. The molecule has 0 radical (unpaired) electrons. The Bertz CT molecular complexity index is 216. The second-order valence-corrected chi connectivity index (χ2v) is 4.52. The van der Waals surface area contributed by atoms with Gasteiger partial charge < -0.3 is 5.11 Å². The number of carbonyl (C=O) groups is 1. The highest BCUT2D eigenvalue weighted by Crippen LogP contribution is 2.37. The lowest BCUT2D eigenvalue weighted by Crippen LogP contribution is -2.26. The molecule has 13 heavy (non-hydrogen) atoms. The summed E-state index contributed by atoms with van der Waals surface area (Å²) < 4.78 is 0. The molecule has 2 heteroatoms. The molecule has 0 aromatic heterocycles. The molecule has 0 saturated carbocycles. The number of rotatable bonds is 3. The number of carboxylic acids is 1. The molecule has 0 saturated heterocycles. The molecule has 1 N–H and O–H groups in total. The fraction of sp³-hybridized carbons (Fsp3) is 0.727. The van der Waals surface area contributed by atoms with Gasteiger partial charge in [0.1, 0.15) is 0 Å². The van der Waals surface area contributed by atoms with E-state index in [0.717, 1.165) is 12.8 Å². The average Bonchev–Trinajstić information content (AvgIpc) is 2.04. The summed E-state index contributed by atoms with van der Waals surface area (Å²) in [4.78, 5) is 10.6. The van der Waals surface area contributed by atoms with E-state index in [-0.39, 0.29) is 11.8 Å². The van der Waals surface area contributed by atoms with Crippen LogP contribution in [0.4, 0.5) is 0 Å². The van der Waals surface area contributed by atoms with Gasteiger partial charge >= 0.3 is 5.97 Å². The smallest absolute Gasteiger partial charge is 0.303 e. The maximum atomic E-state index is 10.6. The number of carboxylic acid groups (broad SMARTS) is 1. The zero-order chi connectivity index (χ0) is 9.90. The number of aliphatic carboxylic acids is 1. The van der Waals surface area contributed by atoms with Crippen LogP contribution in [0.25, 0.3) is 0 Å². The molecule has 0 heterocycles. The Labute approximate surface area is 79.6 Å². The van der Waals surface area contributed by atoms with E-state index < -0.39 is 5.97 Å². The minimum absolute atomic E-state index is 0.0945. The third-order valence-corrected chi connectivity index (χ3v) is 2.86. The summed E-state index contributed by atoms with van der Waals surface area (Å²) in [7, 11) is 0. The molecule has 1 rings (SSSR count). The molecule has 0 fully saturated rings. The first kappa shape index (κ1) is 10.3. The molecule has 1 unspecified atom stereocenters. The molecule has 2 nitrogen and oxygen atoms in total. The van der Waals surface area contributed by atoms with Crippen molar-refractivity contribution in [2.75, 3.05) is 0 Å². The first-order valence-electron chi connectivity index (χ1n) is 4.91.